The van der Waals surface area contributed by atoms with Crippen LogP contribution in [0.5, 0.6) is 0 Å². The molecule has 6 nitrogen and oxygen atoms in total. The van der Waals surface area contributed by atoms with Crippen LogP contribution in [0.2, 0.25) is 0 Å². The number of aromatic nitrogens is 3. The van der Waals surface area contributed by atoms with Gasteiger partial charge in [0.15, 0.2) is 5.65 Å². The molecule has 31 heavy (non-hydrogen) atoms. The van der Waals surface area contributed by atoms with Crippen molar-refractivity contribution in [3.8, 4) is 11.3 Å². The van der Waals surface area contributed by atoms with E-state index in [0.717, 1.165) is 60.3 Å². The predicted molar refractivity (Wildman–Crippen MR) is 124 cm³/mol. The molecule has 0 aliphatic carbocycles. The molecule has 1 saturated heterocycles. The summed E-state index contributed by atoms with van der Waals surface area (Å²) in [5.41, 5.74) is 6.10. The number of nitrogens with zero attached hydrogens (tertiary/aromatic N) is 5. The average Bonchev–Trinajstić information content (AvgIpc) is 3.25. The van der Waals surface area contributed by atoms with Gasteiger partial charge in [-0.1, -0.05) is 60.2 Å². The first-order chi connectivity index (χ1) is 15.3. The molecule has 0 N–H and O–H groups in total. The molecule has 2 aromatic heterocycles. The third-order valence-corrected chi connectivity index (χ3v) is 5.44. The molecule has 4 aromatic rings. The van der Waals surface area contributed by atoms with E-state index < -0.39 is 0 Å². The van der Waals surface area contributed by atoms with E-state index in [1.165, 1.54) is 5.56 Å². The van der Waals surface area contributed by atoms with E-state index in [-0.39, 0.29) is 0 Å². The lowest BCUT2D eigenvalue weighted by Crippen LogP contribution is -2.37. The van der Waals surface area contributed by atoms with E-state index in [9.17, 15) is 0 Å². The molecule has 1 aliphatic heterocycles. The number of aliphatic imine (C=N–C) groups is 1. The van der Waals surface area contributed by atoms with E-state index in [4.69, 9.17) is 14.8 Å². The largest absolute Gasteiger partial charge is 0.378 e. The zero-order valence-corrected chi connectivity index (χ0v) is 17.6. The minimum atomic E-state index is 0.521. The molecule has 0 amide bonds. The Morgan fingerprint density at radius 2 is 1.77 bits per heavy atom. The Kier molecular flexibility index (Phi) is 5.46. The number of hydrogen-bond donors (Lipinski definition) is 0. The third kappa shape index (κ3) is 4.34. The number of benzene rings is 2. The number of ether oxygens (including phenoxy) is 1. The van der Waals surface area contributed by atoms with Gasteiger partial charge < -0.3 is 9.64 Å². The van der Waals surface area contributed by atoms with Crippen LogP contribution in [-0.4, -0.2) is 47.1 Å². The Hall–Kier alpha value is -3.51. The fourth-order valence-corrected chi connectivity index (χ4v) is 3.75. The number of fused-ring (bicyclic) bond motifs is 1. The van der Waals surface area contributed by atoms with Crippen molar-refractivity contribution in [3.05, 3.63) is 83.6 Å². The highest BCUT2D eigenvalue weighted by molar-refractivity contribution is 5.79. The van der Waals surface area contributed by atoms with Crippen molar-refractivity contribution in [1.29, 1.82) is 0 Å². The van der Waals surface area contributed by atoms with Gasteiger partial charge in [0.1, 0.15) is 5.82 Å². The molecule has 0 atom stereocenters. The van der Waals surface area contributed by atoms with Crippen LogP contribution in [-0.2, 0) is 11.3 Å². The van der Waals surface area contributed by atoms with E-state index in [1.807, 2.05) is 35.0 Å². The van der Waals surface area contributed by atoms with Gasteiger partial charge in [-0.3, -0.25) is 4.99 Å². The maximum Gasteiger partial charge on any atom is 0.158 e. The zero-order valence-electron chi connectivity index (χ0n) is 17.6. The van der Waals surface area contributed by atoms with Crippen LogP contribution in [0.15, 0.2) is 71.7 Å². The van der Waals surface area contributed by atoms with Crippen LogP contribution < -0.4 is 4.90 Å². The Balaban J connectivity index is 1.49. The molecule has 0 bridgehead atoms. The quantitative estimate of drug-likeness (QED) is 0.463. The molecular weight excluding hydrogens is 386 g/mol. The van der Waals surface area contributed by atoms with Crippen molar-refractivity contribution in [3.63, 3.8) is 0 Å². The average molecular weight is 412 g/mol. The monoisotopic (exact) mass is 411 g/mol. The topological polar surface area (TPSA) is 55.0 Å². The van der Waals surface area contributed by atoms with Crippen LogP contribution in [0, 0.1) is 6.92 Å². The second-order valence-corrected chi connectivity index (χ2v) is 7.75. The minimum absolute atomic E-state index is 0.521. The normalized spacial score (nSPS) is 14.5. The van der Waals surface area contributed by atoms with Crippen molar-refractivity contribution in [2.75, 3.05) is 31.2 Å². The highest BCUT2D eigenvalue weighted by atomic mass is 16.5. The SMILES string of the molecule is Cc1ccc(C=NCc2cc(N3CCOCC3)n3nc(-c4ccccc4)cc3n2)cc1. The number of morpholine rings is 1. The van der Waals surface area contributed by atoms with Crippen LogP contribution >= 0.6 is 0 Å². The van der Waals surface area contributed by atoms with Crippen molar-refractivity contribution < 1.29 is 4.74 Å². The summed E-state index contributed by atoms with van der Waals surface area (Å²) in [6.07, 6.45) is 1.91. The van der Waals surface area contributed by atoms with Gasteiger partial charge in [0, 0.05) is 37.0 Å². The number of hydrogen-bond acceptors (Lipinski definition) is 5. The fraction of sp³-hybridized carbons (Fsp3) is 0.240. The molecule has 0 spiro atoms. The smallest absolute Gasteiger partial charge is 0.158 e. The van der Waals surface area contributed by atoms with Crippen LogP contribution in [0.3, 0.4) is 0 Å². The summed E-state index contributed by atoms with van der Waals surface area (Å²) < 4.78 is 7.50. The van der Waals surface area contributed by atoms with Crippen LogP contribution in [0.1, 0.15) is 16.8 Å². The van der Waals surface area contributed by atoms with E-state index in [2.05, 4.69) is 59.3 Å². The minimum Gasteiger partial charge on any atom is -0.378 e. The summed E-state index contributed by atoms with van der Waals surface area (Å²) in [5.74, 6) is 1.04. The van der Waals surface area contributed by atoms with Crippen molar-refractivity contribution in [2.45, 2.75) is 13.5 Å². The first kappa shape index (κ1) is 19.5. The molecule has 1 fully saturated rings. The Labute approximate surface area is 181 Å². The van der Waals surface area contributed by atoms with E-state index in [1.54, 1.807) is 0 Å². The molecule has 5 rings (SSSR count). The molecule has 1 aliphatic rings. The Morgan fingerprint density at radius 1 is 1.00 bits per heavy atom. The highest BCUT2D eigenvalue weighted by Crippen LogP contribution is 2.24. The van der Waals surface area contributed by atoms with Gasteiger partial charge in [-0.15, -0.1) is 0 Å². The van der Waals surface area contributed by atoms with Gasteiger partial charge in [0.05, 0.1) is 31.1 Å². The van der Waals surface area contributed by atoms with Gasteiger partial charge >= 0.3 is 0 Å². The standard InChI is InChI=1S/C25H25N5O/c1-19-7-9-20(10-8-19)17-26-18-22-15-25(29-11-13-31-14-12-29)30-24(27-22)16-23(28-30)21-5-3-2-4-6-21/h2-10,15-17H,11-14,18H2,1H3. The maximum absolute atomic E-state index is 5.55. The summed E-state index contributed by atoms with van der Waals surface area (Å²) >= 11 is 0. The van der Waals surface area contributed by atoms with Crippen molar-refractivity contribution >= 4 is 17.7 Å². The molecule has 156 valence electrons. The summed E-state index contributed by atoms with van der Waals surface area (Å²) in [4.78, 5) is 11.8. The first-order valence-electron chi connectivity index (χ1n) is 10.6. The maximum atomic E-state index is 5.55. The number of aryl methyl sites for hydroxylation is 1. The molecule has 6 heteroatoms. The van der Waals surface area contributed by atoms with E-state index >= 15 is 0 Å². The molecule has 3 heterocycles. The lowest BCUT2D eigenvalue weighted by Gasteiger charge is -2.29. The van der Waals surface area contributed by atoms with Crippen LogP contribution in [0.25, 0.3) is 16.9 Å². The predicted octanol–water partition coefficient (Wildman–Crippen LogP) is 4.16. The Morgan fingerprint density at radius 3 is 2.55 bits per heavy atom. The Bertz CT molecular complexity index is 1190. The van der Waals surface area contributed by atoms with Gasteiger partial charge in [0.25, 0.3) is 0 Å². The first-order valence-corrected chi connectivity index (χ1v) is 10.6. The molecule has 0 unspecified atom stereocenters. The van der Waals surface area contributed by atoms with Crippen molar-refractivity contribution in [2.24, 2.45) is 4.99 Å². The lowest BCUT2D eigenvalue weighted by molar-refractivity contribution is 0.122. The number of rotatable bonds is 5. The highest BCUT2D eigenvalue weighted by Gasteiger charge is 2.18. The number of anilines is 1. The summed E-state index contributed by atoms with van der Waals surface area (Å²) in [6, 6.07) is 22.7. The zero-order chi connectivity index (χ0) is 21.0. The molecule has 2 aromatic carbocycles. The summed E-state index contributed by atoms with van der Waals surface area (Å²) in [5, 5.41) is 4.87. The second kappa shape index (κ2) is 8.70. The van der Waals surface area contributed by atoms with Gasteiger partial charge in [-0.25, -0.2) is 4.98 Å². The molecule has 0 radical (unpaired) electrons. The summed E-state index contributed by atoms with van der Waals surface area (Å²) in [6.45, 7) is 5.72. The van der Waals surface area contributed by atoms with Gasteiger partial charge in [-0.2, -0.15) is 9.61 Å². The van der Waals surface area contributed by atoms with Crippen LogP contribution in [0.4, 0.5) is 5.82 Å². The lowest BCUT2D eigenvalue weighted by atomic mass is 10.2. The van der Waals surface area contributed by atoms with E-state index in [0.29, 0.717) is 6.54 Å². The van der Waals surface area contributed by atoms with Crippen molar-refractivity contribution in [1.82, 2.24) is 14.6 Å². The third-order valence-electron chi connectivity index (χ3n) is 5.44. The van der Waals surface area contributed by atoms with Gasteiger partial charge in [0.2, 0.25) is 0 Å². The molecular formula is C25H25N5O. The molecule has 0 saturated carbocycles. The summed E-state index contributed by atoms with van der Waals surface area (Å²) in [7, 11) is 0. The second-order valence-electron chi connectivity index (χ2n) is 7.75. The van der Waals surface area contributed by atoms with Gasteiger partial charge in [-0.05, 0) is 12.5 Å². The fourth-order valence-electron chi connectivity index (χ4n) is 3.75.